The normalized spacial score (nSPS) is 10.2. The SMILES string of the molecule is Cc1cc(Sc2ncc(C#N)cc2N)n(C)n1. The van der Waals surface area contributed by atoms with Crippen LogP contribution in [0.5, 0.6) is 0 Å². The standard InChI is InChI=1S/C11H11N5S/c1-7-3-10(16(2)15-7)17-11-9(13)4-8(5-12)6-14-11/h3-4,6H,13H2,1-2H3. The van der Waals surface area contributed by atoms with E-state index in [0.717, 1.165) is 10.7 Å². The van der Waals surface area contributed by atoms with Crippen molar-refractivity contribution in [3.8, 4) is 6.07 Å². The molecule has 0 aliphatic rings. The Morgan fingerprint density at radius 2 is 2.24 bits per heavy atom. The van der Waals surface area contributed by atoms with Crippen LogP contribution in [0, 0.1) is 18.3 Å². The Kier molecular flexibility index (Phi) is 3.02. The number of nitriles is 1. The van der Waals surface area contributed by atoms with Crippen LogP contribution >= 0.6 is 11.8 Å². The summed E-state index contributed by atoms with van der Waals surface area (Å²) >= 11 is 1.44. The molecule has 0 spiro atoms. The highest BCUT2D eigenvalue weighted by Crippen LogP contribution is 2.30. The molecule has 17 heavy (non-hydrogen) atoms. The Labute approximate surface area is 103 Å². The monoisotopic (exact) mass is 245 g/mol. The van der Waals surface area contributed by atoms with Crippen LogP contribution in [0.2, 0.25) is 0 Å². The van der Waals surface area contributed by atoms with Gasteiger partial charge >= 0.3 is 0 Å². The lowest BCUT2D eigenvalue weighted by molar-refractivity contribution is 0.692. The zero-order valence-corrected chi connectivity index (χ0v) is 10.3. The fraction of sp³-hybridized carbons (Fsp3) is 0.182. The molecule has 0 amide bonds. The van der Waals surface area contributed by atoms with Crippen molar-refractivity contribution in [2.45, 2.75) is 17.0 Å². The minimum atomic E-state index is 0.466. The molecule has 0 unspecified atom stereocenters. The number of aryl methyl sites for hydroxylation is 2. The van der Waals surface area contributed by atoms with E-state index in [4.69, 9.17) is 11.0 Å². The first-order valence-electron chi connectivity index (χ1n) is 4.94. The number of nitrogens with zero attached hydrogens (tertiary/aromatic N) is 4. The van der Waals surface area contributed by atoms with Gasteiger partial charge in [-0.1, -0.05) is 0 Å². The minimum Gasteiger partial charge on any atom is -0.396 e. The molecular formula is C11H11N5S. The zero-order chi connectivity index (χ0) is 12.4. The summed E-state index contributed by atoms with van der Waals surface area (Å²) in [6, 6.07) is 5.59. The van der Waals surface area contributed by atoms with E-state index in [2.05, 4.69) is 10.1 Å². The maximum absolute atomic E-state index is 8.72. The fourth-order valence-electron chi connectivity index (χ4n) is 1.40. The number of hydrogen-bond donors (Lipinski definition) is 1. The third kappa shape index (κ3) is 2.40. The Morgan fingerprint density at radius 1 is 1.47 bits per heavy atom. The Bertz CT molecular complexity index is 596. The summed E-state index contributed by atoms with van der Waals surface area (Å²) in [5.41, 5.74) is 7.76. The molecule has 6 heteroatoms. The third-order valence-electron chi connectivity index (χ3n) is 2.17. The predicted octanol–water partition coefficient (Wildman–Crippen LogP) is 1.73. The summed E-state index contributed by atoms with van der Waals surface area (Å²) in [6.07, 6.45) is 1.52. The largest absolute Gasteiger partial charge is 0.396 e. The van der Waals surface area contributed by atoms with Gasteiger partial charge in [0.1, 0.15) is 16.1 Å². The molecule has 2 aromatic rings. The molecule has 5 nitrogen and oxygen atoms in total. The van der Waals surface area contributed by atoms with Gasteiger partial charge in [0.25, 0.3) is 0 Å². The number of nitrogens with two attached hydrogens (primary N) is 1. The van der Waals surface area contributed by atoms with E-state index < -0.39 is 0 Å². The molecular weight excluding hydrogens is 234 g/mol. The summed E-state index contributed by atoms with van der Waals surface area (Å²) in [5, 5.41) is 14.6. The first kappa shape index (κ1) is 11.5. The van der Waals surface area contributed by atoms with Crippen molar-refractivity contribution in [2.24, 2.45) is 7.05 Å². The van der Waals surface area contributed by atoms with Crippen molar-refractivity contribution in [1.29, 1.82) is 5.26 Å². The van der Waals surface area contributed by atoms with Gasteiger partial charge in [0.15, 0.2) is 0 Å². The summed E-state index contributed by atoms with van der Waals surface area (Å²) in [6.45, 7) is 1.93. The third-order valence-corrected chi connectivity index (χ3v) is 3.29. The van der Waals surface area contributed by atoms with Crippen LogP contribution in [0.4, 0.5) is 5.69 Å². The molecule has 2 rings (SSSR count). The molecule has 86 valence electrons. The summed E-state index contributed by atoms with van der Waals surface area (Å²) in [5.74, 6) is 0. The lowest BCUT2D eigenvalue weighted by atomic mass is 10.3. The minimum absolute atomic E-state index is 0.466. The van der Waals surface area contributed by atoms with Gasteiger partial charge in [0.2, 0.25) is 0 Å². The average Bonchev–Trinajstić information content (AvgIpc) is 2.60. The molecule has 0 saturated heterocycles. The smallest absolute Gasteiger partial charge is 0.125 e. The molecule has 0 aliphatic carbocycles. The van der Waals surface area contributed by atoms with Gasteiger partial charge in [-0.05, 0) is 30.8 Å². The summed E-state index contributed by atoms with van der Waals surface area (Å²) in [7, 11) is 1.87. The Balaban J connectivity index is 2.31. The molecule has 0 fully saturated rings. The van der Waals surface area contributed by atoms with Crippen molar-refractivity contribution >= 4 is 17.4 Å². The quantitative estimate of drug-likeness (QED) is 0.871. The van der Waals surface area contributed by atoms with E-state index in [9.17, 15) is 0 Å². The highest BCUT2D eigenvalue weighted by atomic mass is 32.2. The summed E-state index contributed by atoms with van der Waals surface area (Å²) < 4.78 is 1.78. The van der Waals surface area contributed by atoms with E-state index in [1.165, 1.54) is 18.0 Å². The van der Waals surface area contributed by atoms with Gasteiger partial charge < -0.3 is 5.73 Å². The van der Waals surface area contributed by atoms with Crippen molar-refractivity contribution in [2.75, 3.05) is 5.73 Å². The maximum atomic E-state index is 8.72. The number of pyridine rings is 1. The highest BCUT2D eigenvalue weighted by Gasteiger charge is 2.08. The molecule has 0 aromatic carbocycles. The van der Waals surface area contributed by atoms with Crippen LogP contribution in [-0.2, 0) is 7.05 Å². The zero-order valence-electron chi connectivity index (χ0n) is 9.51. The van der Waals surface area contributed by atoms with Gasteiger partial charge in [-0.2, -0.15) is 10.4 Å². The number of hydrogen-bond acceptors (Lipinski definition) is 5. The second-order valence-electron chi connectivity index (χ2n) is 3.58. The summed E-state index contributed by atoms with van der Waals surface area (Å²) in [4.78, 5) is 4.17. The van der Waals surface area contributed by atoms with Gasteiger partial charge in [-0.15, -0.1) is 0 Å². The topological polar surface area (TPSA) is 80.5 Å². The molecule has 0 aliphatic heterocycles. The molecule has 0 saturated carbocycles. The number of nitrogen functional groups attached to an aromatic ring is 1. The van der Waals surface area contributed by atoms with Gasteiger partial charge in [0.05, 0.1) is 16.9 Å². The second-order valence-corrected chi connectivity index (χ2v) is 4.59. The molecule has 2 aromatic heterocycles. The first-order valence-corrected chi connectivity index (χ1v) is 5.76. The average molecular weight is 245 g/mol. The van der Waals surface area contributed by atoms with Crippen LogP contribution in [0.15, 0.2) is 28.4 Å². The van der Waals surface area contributed by atoms with Crippen LogP contribution in [0.3, 0.4) is 0 Å². The van der Waals surface area contributed by atoms with E-state index in [0.29, 0.717) is 16.3 Å². The van der Waals surface area contributed by atoms with E-state index >= 15 is 0 Å². The van der Waals surface area contributed by atoms with Crippen LogP contribution in [0.25, 0.3) is 0 Å². The Morgan fingerprint density at radius 3 is 2.76 bits per heavy atom. The molecule has 2 N–H and O–H groups in total. The van der Waals surface area contributed by atoms with E-state index in [-0.39, 0.29) is 0 Å². The number of aromatic nitrogens is 3. The predicted molar refractivity (Wildman–Crippen MR) is 65.4 cm³/mol. The van der Waals surface area contributed by atoms with Crippen LogP contribution in [0.1, 0.15) is 11.3 Å². The van der Waals surface area contributed by atoms with E-state index in [1.807, 2.05) is 26.1 Å². The van der Waals surface area contributed by atoms with Crippen LogP contribution in [-0.4, -0.2) is 14.8 Å². The lowest BCUT2D eigenvalue weighted by Gasteiger charge is -2.04. The Hall–Kier alpha value is -2.00. The number of anilines is 1. The highest BCUT2D eigenvalue weighted by molar-refractivity contribution is 7.99. The molecule has 0 bridgehead atoms. The fourth-order valence-corrected chi connectivity index (χ4v) is 2.28. The van der Waals surface area contributed by atoms with Crippen molar-refractivity contribution in [3.63, 3.8) is 0 Å². The van der Waals surface area contributed by atoms with Gasteiger partial charge in [0, 0.05) is 13.2 Å². The molecule has 2 heterocycles. The van der Waals surface area contributed by atoms with Crippen molar-refractivity contribution in [1.82, 2.24) is 14.8 Å². The molecule has 0 atom stereocenters. The van der Waals surface area contributed by atoms with E-state index in [1.54, 1.807) is 10.7 Å². The van der Waals surface area contributed by atoms with Gasteiger partial charge in [-0.3, -0.25) is 4.68 Å². The maximum Gasteiger partial charge on any atom is 0.125 e. The van der Waals surface area contributed by atoms with Crippen LogP contribution < -0.4 is 5.73 Å². The van der Waals surface area contributed by atoms with Crippen molar-refractivity contribution < 1.29 is 0 Å². The van der Waals surface area contributed by atoms with Gasteiger partial charge in [-0.25, -0.2) is 4.98 Å². The lowest BCUT2D eigenvalue weighted by Crippen LogP contribution is -1.96. The number of rotatable bonds is 2. The first-order chi connectivity index (χ1) is 8.10. The van der Waals surface area contributed by atoms with Crippen molar-refractivity contribution in [3.05, 3.63) is 29.6 Å². The molecule has 0 radical (unpaired) electrons. The second kappa shape index (κ2) is 4.47.